The summed E-state index contributed by atoms with van der Waals surface area (Å²) >= 11 is 6.05. The largest absolute Gasteiger partial charge is 0.477 e. The van der Waals surface area contributed by atoms with Crippen LogP contribution in [0.3, 0.4) is 0 Å². The minimum Gasteiger partial charge on any atom is -0.477 e. The van der Waals surface area contributed by atoms with Gasteiger partial charge in [0, 0.05) is 11.2 Å². The van der Waals surface area contributed by atoms with E-state index in [1.54, 1.807) is 31.2 Å². The van der Waals surface area contributed by atoms with Crippen molar-refractivity contribution >= 4 is 17.6 Å². The van der Waals surface area contributed by atoms with Crippen LogP contribution in [0.1, 0.15) is 28.9 Å². The molecule has 0 aliphatic rings. The van der Waals surface area contributed by atoms with Crippen molar-refractivity contribution < 1.29 is 9.90 Å². The van der Waals surface area contributed by atoms with Gasteiger partial charge >= 0.3 is 11.7 Å². The first-order valence-electron chi connectivity index (χ1n) is 5.75. The van der Waals surface area contributed by atoms with Gasteiger partial charge in [-0.3, -0.25) is 14.3 Å². The molecule has 0 saturated carbocycles. The monoisotopic (exact) mass is 294 g/mol. The van der Waals surface area contributed by atoms with Crippen LogP contribution in [0.2, 0.25) is 5.02 Å². The van der Waals surface area contributed by atoms with E-state index in [1.165, 1.54) is 0 Å². The standard InChI is InChI=1S/C13H11ClN2O4/c1-7(8-4-2-3-5-10(8)14)16-6-9(12(18)19)11(17)15-13(16)20/h2-7H,1H3,(H,18,19)(H,15,17,20). The van der Waals surface area contributed by atoms with Crippen molar-refractivity contribution in [2.75, 3.05) is 0 Å². The number of carboxylic acid groups (broad SMARTS) is 1. The zero-order chi connectivity index (χ0) is 14.9. The second-order valence-electron chi connectivity index (χ2n) is 4.21. The number of carboxylic acids is 1. The Kier molecular flexibility index (Phi) is 3.76. The summed E-state index contributed by atoms with van der Waals surface area (Å²) < 4.78 is 1.13. The Morgan fingerprint density at radius 1 is 1.35 bits per heavy atom. The molecule has 7 heteroatoms. The van der Waals surface area contributed by atoms with Crippen LogP contribution in [0.15, 0.2) is 40.1 Å². The van der Waals surface area contributed by atoms with Crippen molar-refractivity contribution in [3.8, 4) is 0 Å². The molecule has 2 aromatic rings. The summed E-state index contributed by atoms with van der Waals surface area (Å²) in [6.45, 7) is 1.69. The third kappa shape index (κ3) is 2.50. The van der Waals surface area contributed by atoms with Gasteiger partial charge in [0.2, 0.25) is 0 Å². The zero-order valence-electron chi connectivity index (χ0n) is 10.5. The highest BCUT2D eigenvalue weighted by Gasteiger charge is 2.17. The fraction of sp³-hybridized carbons (Fsp3) is 0.154. The van der Waals surface area contributed by atoms with Gasteiger partial charge in [0.15, 0.2) is 0 Å². The number of rotatable bonds is 3. The van der Waals surface area contributed by atoms with Crippen molar-refractivity contribution in [1.29, 1.82) is 0 Å². The summed E-state index contributed by atoms with van der Waals surface area (Å²) in [6.07, 6.45) is 1.03. The molecule has 20 heavy (non-hydrogen) atoms. The lowest BCUT2D eigenvalue weighted by molar-refractivity contribution is 0.0693. The number of nitrogens with zero attached hydrogens (tertiary/aromatic N) is 1. The van der Waals surface area contributed by atoms with E-state index in [0.29, 0.717) is 10.6 Å². The zero-order valence-corrected chi connectivity index (χ0v) is 11.2. The van der Waals surface area contributed by atoms with Gasteiger partial charge in [-0.05, 0) is 18.6 Å². The Hall–Kier alpha value is -2.34. The quantitative estimate of drug-likeness (QED) is 0.897. The van der Waals surface area contributed by atoms with Crippen LogP contribution in [0.4, 0.5) is 0 Å². The first-order valence-corrected chi connectivity index (χ1v) is 6.12. The normalized spacial score (nSPS) is 12.1. The average molecular weight is 295 g/mol. The Balaban J connectivity index is 2.61. The lowest BCUT2D eigenvalue weighted by Crippen LogP contribution is -2.35. The molecule has 104 valence electrons. The van der Waals surface area contributed by atoms with Crippen LogP contribution in [0.5, 0.6) is 0 Å². The van der Waals surface area contributed by atoms with Crippen LogP contribution < -0.4 is 11.2 Å². The topological polar surface area (TPSA) is 92.2 Å². The molecular formula is C13H11ClN2O4. The fourth-order valence-corrected chi connectivity index (χ4v) is 2.18. The summed E-state index contributed by atoms with van der Waals surface area (Å²) in [6, 6.07) is 6.39. The van der Waals surface area contributed by atoms with Crippen molar-refractivity contribution in [3.05, 3.63) is 67.4 Å². The third-order valence-corrected chi connectivity index (χ3v) is 3.31. The van der Waals surface area contributed by atoms with E-state index in [4.69, 9.17) is 16.7 Å². The third-order valence-electron chi connectivity index (χ3n) is 2.97. The number of aromatic carboxylic acids is 1. The maximum Gasteiger partial charge on any atom is 0.342 e. The molecule has 1 aromatic heterocycles. The maximum absolute atomic E-state index is 11.8. The Morgan fingerprint density at radius 2 is 2.00 bits per heavy atom. The van der Waals surface area contributed by atoms with E-state index in [-0.39, 0.29) is 0 Å². The average Bonchev–Trinajstić information content (AvgIpc) is 2.38. The van der Waals surface area contributed by atoms with Gasteiger partial charge < -0.3 is 5.11 Å². The van der Waals surface area contributed by atoms with E-state index in [0.717, 1.165) is 10.8 Å². The van der Waals surface area contributed by atoms with Crippen LogP contribution in [-0.2, 0) is 0 Å². The van der Waals surface area contributed by atoms with Crippen LogP contribution in [0, 0.1) is 0 Å². The van der Waals surface area contributed by atoms with Gasteiger partial charge in [0.1, 0.15) is 5.56 Å². The van der Waals surface area contributed by atoms with Crippen molar-refractivity contribution in [2.45, 2.75) is 13.0 Å². The molecule has 1 aromatic carbocycles. The van der Waals surface area contributed by atoms with E-state index in [9.17, 15) is 14.4 Å². The molecule has 1 heterocycles. The fourth-order valence-electron chi connectivity index (χ4n) is 1.89. The number of nitrogens with one attached hydrogen (secondary N) is 1. The molecule has 0 spiro atoms. The SMILES string of the molecule is CC(c1ccccc1Cl)n1cc(C(=O)O)c(=O)[nH]c1=O. The number of hydrogen-bond donors (Lipinski definition) is 2. The summed E-state index contributed by atoms with van der Waals surface area (Å²) in [5.74, 6) is -1.40. The molecule has 2 N–H and O–H groups in total. The molecule has 0 radical (unpaired) electrons. The Morgan fingerprint density at radius 3 is 2.60 bits per heavy atom. The van der Waals surface area contributed by atoms with Crippen molar-refractivity contribution in [3.63, 3.8) is 0 Å². The number of aromatic nitrogens is 2. The van der Waals surface area contributed by atoms with Gasteiger partial charge in [-0.25, -0.2) is 9.59 Å². The second kappa shape index (κ2) is 5.34. The number of aromatic amines is 1. The number of benzene rings is 1. The van der Waals surface area contributed by atoms with E-state index < -0.39 is 28.8 Å². The molecule has 0 bridgehead atoms. The van der Waals surface area contributed by atoms with Crippen LogP contribution in [-0.4, -0.2) is 20.6 Å². The predicted octanol–water partition coefficient (Wildman–Crippen LogP) is 1.50. The van der Waals surface area contributed by atoms with Gasteiger partial charge in [-0.2, -0.15) is 0 Å². The molecule has 0 aliphatic heterocycles. The second-order valence-corrected chi connectivity index (χ2v) is 4.62. The van der Waals surface area contributed by atoms with E-state index in [2.05, 4.69) is 0 Å². The molecule has 2 rings (SSSR count). The molecule has 1 unspecified atom stereocenters. The minimum atomic E-state index is -1.40. The Bertz CT molecular complexity index is 778. The predicted molar refractivity (Wildman–Crippen MR) is 73.5 cm³/mol. The number of carbonyl (C=O) groups is 1. The first kappa shape index (κ1) is 14.1. The van der Waals surface area contributed by atoms with Crippen molar-refractivity contribution in [2.24, 2.45) is 0 Å². The van der Waals surface area contributed by atoms with Gasteiger partial charge in [-0.1, -0.05) is 29.8 Å². The lowest BCUT2D eigenvalue weighted by atomic mass is 10.1. The molecule has 0 amide bonds. The smallest absolute Gasteiger partial charge is 0.342 e. The molecule has 1 atom stereocenters. The number of halogens is 1. The van der Waals surface area contributed by atoms with E-state index in [1.807, 2.05) is 4.98 Å². The van der Waals surface area contributed by atoms with Gasteiger partial charge in [0.05, 0.1) is 6.04 Å². The molecule has 0 saturated heterocycles. The number of hydrogen-bond acceptors (Lipinski definition) is 3. The molecular weight excluding hydrogens is 284 g/mol. The molecule has 0 fully saturated rings. The van der Waals surface area contributed by atoms with E-state index >= 15 is 0 Å². The first-order chi connectivity index (χ1) is 9.41. The van der Waals surface area contributed by atoms with Crippen LogP contribution in [0.25, 0.3) is 0 Å². The van der Waals surface area contributed by atoms with Crippen molar-refractivity contribution in [1.82, 2.24) is 9.55 Å². The lowest BCUT2D eigenvalue weighted by Gasteiger charge is -2.16. The van der Waals surface area contributed by atoms with Gasteiger partial charge in [0.25, 0.3) is 5.56 Å². The summed E-state index contributed by atoms with van der Waals surface area (Å²) in [7, 11) is 0. The summed E-state index contributed by atoms with van der Waals surface area (Å²) in [5, 5.41) is 9.38. The maximum atomic E-state index is 11.8. The molecule has 6 nitrogen and oxygen atoms in total. The summed E-state index contributed by atoms with van der Waals surface area (Å²) in [4.78, 5) is 36.1. The molecule has 0 aliphatic carbocycles. The van der Waals surface area contributed by atoms with Crippen LogP contribution >= 0.6 is 11.6 Å². The highest BCUT2D eigenvalue weighted by molar-refractivity contribution is 6.31. The highest BCUT2D eigenvalue weighted by Crippen LogP contribution is 2.24. The van der Waals surface area contributed by atoms with Gasteiger partial charge in [-0.15, -0.1) is 0 Å². The summed E-state index contributed by atoms with van der Waals surface area (Å²) in [5.41, 5.74) is -1.46. The number of H-pyrrole nitrogens is 1. The highest BCUT2D eigenvalue weighted by atomic mass is 35.5. The minimum absolute atomic E-state index is 0.454. The Labute approximate surface area is 118 Å².